The molecule has 2 aliphatic heterocycles. The first-order valence-electron chi connectivity index (χ1n) is 8.92. The predicted molar refractivity (Wildman–Crippen MR) is 102 cm³/mol. The lowest BCUT2D eigenvalue weighted by atomic mass is 10.0. The van der Waals surface area contributed by atoms with Gasteiger partial charge in [0.15, 0.2) is 12.6 Å². The van der Waals surface area contributed by atoms with E-state index < -0.39 is 37.0 Å². The van der Waals surface area contributed by atoms with Gasteiger partial charge in [-0.05, 0) is 24.3 Å². The van der Waals surface area contributed by atoms with Gasteiger partial charge < -0.3 is 29.2 Å². The molecule has 2 aromatic carbocycles. The minimum absolute atomic E-state index is 0.0999. The highest BCUT2D eigenvalue weighted by atomic mass is 35.5. The van der Waals surface area contributed by atoms with Crippen molar-refractivity contribution < 1.29 is 29.2 Å². The Bertz CT molecular complexity index is 819. The number of benzene rings is 2. The van der Waals surface area contributed by atoms with Crippen LogP contribution in [0.3, 0.4) is 0 Å². The second kappa shape index (κ2) is 8.65. The fourth-order valence-corrected chi connectivity index (χ4v) is 3.72. The molecule has 2 unspecified atom stereocenters. The molecule has 6 nitrogen and oxygen atoms in total. The lowest BCUT2D eigenvalue weighted by Gasteiger charge is -2.23. The van der Waals surface area contributed by atoms with Crippen LogP contribution in [0.1, 0.15) is 23.7 Å². The van der Waals surface area contributed by atoms with Gasteiger partial charge in [-0.1, -0.05) is 47.5 Å². The van der Waals surface area contributed by atoms with E-state index in [0.29, 0.717) is 15.6 Å². The topological polar surface area (TPSA) is 77.4 Å². The van der Waals surface area contributed by atoms with Crippen LogP contribution in [0.4, 0.5) is 0 Å². The van der Waals surface area contributed by atoms with Crippen molar-refractivity contribution in [1.82, 2.24) is 0 Å². The monoisotopic (exact) mass is 426 g/mol. The third-order valence-electron chi connectivity index (χ3n) is 4.75. The fraction of sp³-hybridized carbons (Fsp3) is 0.400. The van der Waals surface area contributed by atoms with Gasteiger partial charge in [0, 0.05) is 21.2 Å². The highest BCUT2D eigenvalue weighted by Gasteiger charge is 2.45. The summed E-state index contributed by atoms with van der Waals surface area (Å²) in [4.78, 5) is 0. The molecule has 0 aromatic heterocycles. The summed E-state index contributed by atoms with van der Waals surface area (Å²) < 4.78 is 23.4. The molecule has 150 valence electrons. The van der Waals surface area contributed by atoms with E-state index in [0.717, 1.165) is 5.56 Å². The highest BCUT2D eigenvalue weighted by Crippen LogP contribution is 2.36. The number of aliphatic hydroxyl groups is 2. The molecule has 2 N–H and O–H groups in total. The van der Waals surface area contributed by atoms with Crippen LogP contribution in [0.2, 0.25) is 10.0 Å². The van der Waals surface area contributed by atoms with E-state index in [1.165, 1.54) is 0 Å². The first-order valence-corrected chi connectivity index (χ1v) is 9.68. The van der Waals surface area contributed by atoms with E-state index in [2.05, 4.69) is 0 Å². The minimum Gasteiger partial charge on any atom is -0.388 e. The van der Waals surface area contributed by atoms with Crippen molar-refractivity contribution in [2.75, 3.05) is 13.2 Å². The number of fused-ring (bicyclic) bond motifs is 1. The first-order chi connectivity index (χ1) is 13.5. The standard InChI is InChI=1S/C20H20Cl2O6/c21-13-5-1-3-11(7-13)19-25-9-15(23)17(24)18-16(10-26-19)27-20(28-18)12-4-2-6-14(22)8-12/h1-8,15-20,23-24H,9-10H2/t15-,16+,17-,18-,19?,20?/m0/s1. The maximum Gasteiger partial charge on any atom is 0.185 e. The van der Waals surface area contributed by atoms with Crippen molar-refractivity contribution >= 4 is 23.2 Å². The SMILES string of the molecule is O[C@@H]1[C@H]2OC(c3cccc(Cl)c3)O[C@@H]2COC(c2cccc(Cl)c2)OC[C@@H]1O. The summed E-state index contributed by atoms with van der Waals surface area (Å²) >= 11 is 12.1. The maximum atomic E-state index is 10.6. The smallest absolute Gasteiger partial charge is 0.185 e. The molecule has 2 saturated heterocycles. The van der Waals surface area contributed by atoms with Gasteiger partial charge in [-0.3, -0.25) is 0 Å². The van der Waals surface area contributed by atoms with Gasteiger partial charge in [0.25, 0.3) is 0 Å². The summed E-state index contributed by atoms with van der Waals surface area (Å²) in [5.41, 5.74) is 1.43. The van der Waals surface area contributed by atoms with Crippen LogP contribution in [-0.4, -0.2) is 47.8 Å². The van der Waals surface area contributed by atoms with E-state index in [4.69, 9.17) is 42.1 Å². The number of hydrogen-bond acceptors (Lipinski definition) is 6. The summed E-state index contributed by atoms with van der Waals surface area (Å²) in [7, 11) is 0. The minimum atomic E-state index is -1.20. The number of hydrogen-bond donors (Lipinski definition) is 2. The lowest BCUT2D eigenvalue weighted by Crippen LogP contribution is -2.45. The molecule has 8 heteroatoms. The van der Waals surface area contributed by atoms with Crippen molar-refractivity contribution in [2.45, 2.75) is 37.0 Å². The third kappa shape index (κ3) is 4.35. The first kappa shape index (κ1) is 20.1. The van der Waals surface area contributed by atoms with Crippen LogP contribution in [0.25, 0.3) is 0 Å². The van der Waals surface area contributed by atoms with Crippen LogP contribution in [-0.2, 0) is 18.9 Å². The Morgan fingerprint density at radius 1 is 0.786 bits per heavy atom. The Morgan fingerprint density at radius 3 is 2.04 bits per heavy atom. The van der Waals surface area contributed by atoms with Gasteiger partial charge in [-0.2, -0.15) is 0 Å². The van der Waals surface area contributed by atoms with Crippen molar-refractivity contribution in [3.63, 3.8) is 0 Å². The Balaban J connectivity index is 1.55. The molecule has 0 radical (unpaired) electrons. The van der Waals surface area contributed by atoms with E-state index in [1.54, 1.807) is 36.4 Å². The van der Waals surface area contributed by atoms with E-state index in [9.17, 15) is 10.2 Å². The normalized spacial score (nSPS) is 33.6. The summed E-state index contributed by atoms with van der Waals surface area (Å²) in [6.07, 6.45) is -5.22. The molecule has 28 heavy (non-hydrogen) atoms. The molecule has 2 heterocycles. The van der Waals surface area contributed by atoms with Gasteiger partial charge >= 0.3 is 0 Å². The Morgan fingerprint density at radius 2 is 1.39 bits per heavy atom. The largest absolute Gasteiger partial charge is 0.388 e. The van der Waals surface area contributed by atoms with Crippen LogP contribution >= 0.6 is 23.2 Å². The Labute approximate surface area is 172 Å². The molecular formula is C20H20Cl2O6. The number of halogens is 2. The number of aliphatic hydroxyl groups excluding tert-OH is 2. The summed E-state index contributed by atoms with van der Waals surface area (Å²) in [5, 5.41) is 22.0. The molecule has 0 aliphatic carbocycles. The zero-order valence-electron chi connectivity index (χ0n) is 14.8. The third-order valence-corrected chi connectivity index (χ3v) is 5.22. The molecule has 0 amide bonds. The molecule has 2 aromatic rings. The van der Waals surface area contributed by atoms with Gasteiger partial charge in [0.2, 0.25) is 0 Å². The molecule has 0 bridgehead atoms. The second-order valence-corrected chi connectivity index (χ2v) is 7.65. The molecule has 4 rings (SSSR count). The van der Waals surface area contributed by atoms with Crippen molar-refractivity contribution in [2.24, 2.45) is 0 Å². The molecular weight excluding hydrogens is 407 g/mol. The van der Waals surface area contributed by atoms with Gasteiger partial charge in [0.1, 0.15) is 24.4 Å². The van der Waals surface area contributed by atoms with Crippen LogP contribution < -0.4 is 0 Å². The quantitative estimate of drug-likeness (QED) is 0.767. The van der Waals surface area contributed by atoms with Gasteiger partial charge in [0.05, 0.1) is 13.2 Å². The zero-order chi connectivity index (χ0) is 19.7. The fourth-order valence-electron chi connectivity index (χ4n) is 3.32. The van der Waals surface area contributed by atoms with E-state index >= 15 is 0 Å². The van der Waals surface area contributed by atoms with Crippen molar-refractivity contribution in [1.29, 1.82) is 0 Å². The van der Waals surface area contributed by atoms with Crippen LogP contribution in [0.15, 0.2) is 48.5 Å². The van der Waals surface area contributed by atoms with E-state index in [-0.39, 0.29) is 13.2 Å². The average molecular weight is 427 g/mol. The van der Waals surface area contributed by atoms with Crippen LogP contribution in [0, 0.1) is 0 Å². The predicted octanol–water partition coefficient (Wildman–Crippen LogP) is 3.24. The van der Waals surface area contributed by atoms with Gasteiger partial charge in [-0.15, -0.1) is 0 Å². The number of rotatable bonds is 2. The molecule has 2 fully saturated rings. The van der Waals surface area contributed by atoms with Crippen molar-refractivity contribution in [3.8, 4) is 0 Å². The van der Waals surface area contributed by atoms with Gasteiger partial charge in [-0.25, -0.2) is 0 Å². The molecule has 0 spiro atoms. The highest BCUT2D eigenvalue weighted by molar-refractivity contribution is 6.30. The summed E-state index contributed by atoms with van der Waals surface area (Å²) in [5.74, 6) is 0. The van der Waals surface area contributed by atoms with Crippen molar-refractivity contribution in [3.05, 3.63) is 69.7 Å². The lowest BCUT2D eigenvalue weighted by molar-refractivity contribution is -0.182. The number of ether oxygens (including phenoxy) is 4. The Hall–Kier alpha value is -1.22. The maximum absolute atomic E-state index is 10.6. The zero-order valence-corrected chi connectivity index (χ0v) is 16.3. The summed E-state index contributed by atoms with van der Waals surface area (Å²) in [6, 6.07) is 14.2. The average Bonchev–Trinajstić information content (AvgIpc) is 3.12. The van der Waals surface area contributed by atoms with E-state index in [1.807, 2.05) is 12.1 Å². The Kier molecular flexibility index (Phi) is 6.20. The molecule has 6 atom stereocenters. The second-order valence-electron chi connectivity index (χ2n) is 6.77. The molecule has 2 aliphatic rings. The van der Waals surface area contributed by atoms with Crippen LogP contribution in [0.5, 0.6) is 0 Å². The molecule has 0 saturated carbocycles. The summed E-state index contributed by atoms with van der Waals surface area (Å²) in [6.45, 7) is -0.0323.